The zero-order valence-corrected chi connectivity index (χ0v) is 5.80. The maximum atomic E-state index is 8.25. The minimum absolute atomic E-state index is 0. The number of nitrogens with zero attached hydrogens (tertiary/aromatic N) is 1. The molecule has 0 fully saturated rings. The van der Waals surface area contributed by atoms with Gasteiger partial charge in [0, 0.05) is 0 Å². The molecule has 0 heterocycles. The Morgan fingerprint density at radius 2 is 1.29 bits per heavy atom. The van der Waals surface area contributed by atoms with E-state index in [1.807, 2.05) is 0 Å². The van der Waals surface area contributed by atoms with Crippen LogP contribution in [0.3, 0.4) is 0 Å². The summed E-state index contributed by atoms with van der Waals surface area (Å²) in [4.78, 5) is 8.25. The summed E-state index contributed by atoms with van der Waals surface area (Å²) < 4.78 is 0. The first-order valence-corrected chi connectivity index (χ1v) is 0.548. The van der Waals surface area contributed by atoms with E-state index in [9.17, 15) is 0 Å². The molecule has 0 saturated carbocycles. The molecule has 0 atom stereocenters. The van der Waals surface area contributed by atoms with Gasteiger partial charge in [0.1, 0.15) is 0 Å². The Morgan fingerprint density at radius 3 is 1.29 bits per heavy atom. The van der Waals surface area contributed by atoms with Crippen molar-refractivity contribution in [1.82, 2.24) is 0 Å². The van der Waals surface area contributed by atoms with E-state index in [4.69, 9.17) is 15.3 Å². The van der Waals surface area contributed by atoms with Gasteiger partial charge >= 0.3 is 99.8 Å². The molecule has 7 heteroatoms. The fourth-order valence-corrected chi connectivity index (χ4v) is 0. The van der Waals surface area contributed by atoms with Gasteiger partial charge in [0.15, 0.2) is 0 Å². The molecule has 0 radical (unpaired) electrons. The van der Waals surface area contributed by atoms with Crippen LogP contribution in [0.2, 0.25) is 0 Å². The van der Waals surface area contributed by atoms with Gasteiger partial charge in [-0.05, 0) is 0 Å². The monoisotopic (exact) mass is 133 g/mol. The molecule has 28 valence electrons. The molecule has 0 spiro atoms. The summed E-state index contributed by atoms with van der Waals surface area (Å²) in [6, 6.07) is 0. The second-order valence-corrected chi connectivity index (χ2v) is 0.224. The van der Waals surface area contributed by atoms with Gasteiger partial charge in [-0.1, -0.05) is 0 Å². The normalized spacial score (nSPS) is 3.43. The van der Waals surface area contributed by atoms with E-state index >= 15 is 0 Å². The maximum absolute atomic E-state index is 8.25. The average molecular weight is 133 g/mol. The SMILES string of the molecule is O=[N+]([O-])[O-].[K+].[LiH].[NaH]. The van der Waals surface area contributed by atoms with Crippen LogP contribution in [-0.4, -0.2) is 53.5 Å². The van der Waals surface area contributed by atoms with Crippen molar-refractivity contribution in [3.05, 3.63) is 15.3 Å². The molecule has 0 aromatic rings. The van der Waals surface area contributed by atoms with Crippen LogP contribution in [0.5, 0.6) is 0 Å². The Labute approximate surface area is 117 Å². The van der Waals surface area contributed by atoms with Crippen LogP contribution in [0.15, 0.2) is 0 Å². The van der Waals surface area contributed by atoms with Crippen LogP contribution in [0.1, 0.15) is 0 Å². The van der Waals surface area contributed by atoms with Crippen molar-refractivity contribution in [2.45, 2.75) is 0 Å². The van der Waals surface area contributed by atoms with Gasteiger partial charge in [-0.15, -0.1) is 0 Å². The van der Waals surface area contributed by atoms with Crippen LogP contribution >= 0.6 is 0 Å². The molecular weight excluding hydrogens is 131 g/mol. The van der Waals surface area contributed by atoms with Gasteiger partial charge in [-0.3, -0.25) is 0 Å². The summed E-state index contributed by atoms with van der Waals surface area (Å²) in [5, 5.41) is 14.8. The first-order valence-electron chi connectivity index (χ1n) is 0.548. The summed E-state index contributed by atoms with van der Waals surface area (Å²) in [7, 11) is 0. The third-order valence-electron chi connectivity index (χ3n) is 0. The summed E-state index contributed by atoms with van der Waals surface area (Å²) in [6.07, 6.45) is 0. The zero-order chi connectivity index (χ0) is 3.58. The van der Waals surface area contributed by atoms with Crippen LogP contribution < -0.4 is 51.4 Å². The van der Waals surface area contributed by atoms with Gasteiger partial charge in [0.05, 0.1) is 5.09 Å². The van der Waals surface area contributed by atoms with Crippen molar-refractivity contribution in [3.8, 4) is 0 Å². The molecule has 0 bridgehead atoms. The van der Waals surface area contributed by atoms with Gasteiger partial charge < -0.3 is 15.3 Å². The van der Waals surface area contributed by atoms with Crippen LogP contribution in [0, 0.1) is 15.3 Å². The summed E-state index contributed by atoms with van der Waals surface area (Å²) in [5.74, 6) is 0. The summed E-state index contributed by atoms with van der Waals surface area (Å²) in [6.45, 7) is 0. The van der Waals surface area contributed by atoms with Crippen molar-refractivity contribution in [2.24, 2.45) is 0 Å². The Kier molecular flexibility index (Phi) is 51.2. The van der Waals surface area contributed by atoms with Crippen molar-refractivity contribution < 1.29 is 56.5 Å². The molecule has 0 aromatic carbocycles. The average Bonchev–Trinajstić information content (AvgIpc) is 0.811. The molecule has 0 rings (SSSR count). The molecule has 0 aliphatic rings. The van der Waals surface area contributed by atoms with E-state index in [1.54, 1.807) is 0 Å². The van der Waals surface area contributed by atoms with E-state index in [0.717, 1.165) is 0 Å². The second-order valence-electron chi connectivity index (χ2n) is 0.224. The van der Waals surface area contributed by atoms with Crippen molar-refractivity contribution >= 4 is 48.4 Å². The van der Waals surface area contributed by atoms with Crippen LogP contribution in [0.25, 0.3) is 0 Å². The van der Waals surface area contributed by atoms with Crippen molar-refractivity contribution in [1.29, 1.82) is 0 Å². The Balaban J connectivity index is -0.0000000150. The Hall–Kier alpha value is 2.43. The molecule has 0 aliphatic carbocycles. The zero-order valence-electron chi connectivity index (χ0n) is 2.67. The van der Waals surface area contributed by atoms with Gasteiger partial charge in [-0.2, -0.15) is 0 Å². The van der Waals surface area contributed by atoms with E-state index in [0.29, 0.717) is 0 Å². The molecule has 0 unspecified atom stereocenters. The molecule has 0 N–H and O–H groups in total. The molecule has 0 aromatic heterocycles. The fraction of sp³-hybridized carbons (Fsp3) is 0. The molecule has 0 saturated heterocycles. The number of hydrogen-bond donors (Lipinski definition) is 0. The van der Waals surface area contributed by atoms with E-state index < -0.39 is 5.09 Å². The minimum atomic E-state index is -1.75. The third-order valence-corrected chi connectivity index (χ3v) is 0. The Bertz CT molecular complexity index is 37.9. The molecule has 4 nitrogen and oxygen atoms in total. The van der Waals surface area contributed by atoms with E-state index in [1.165, 1.54) is 0 Å². The second kappa shape index (κ2) is 15.8. The van der Waals surface area contributed by atoms with E-state index in [2.05, 4.69) is 0 Å². The standard InChI is InChI=1S/K.Li.NO3.Na.2H/c;;2-1(3)4;;;/q+1;;-1;;;. The van der Waals surface area contributed by atoms with Crippen LogP contribution in [0.4, 0.5) is 0 Å². The first kappa shape index (κ1) is 22.7. The fourth-order valence-electron chi connectivity index (χ4n) is 0. The predicted octanol–water partition coefficient (Wildman–Crippen LogP) is -4.53. The summed E-state index contributed by atoms with van der Waals surface area (Å²) in [5.41, 5.74) is 0. The number of rotatable bonds is 0. The third kappa shape index (κ3) is 58.9. The Morgan fingerprint density at radius 1 is 1.29 bits per heavy atom. The van der Waals surface area contributed by atoms with E-state index in [-0.39, 0.29) is 99.8 Å². The predicted molar refractivity (Wildman–Crippen MR) is 24.7 cm³/mol. The van der Waals surface area contributed by atoms with Crippen molar-refractivity contribution in [2.75, 3.05) is 0 Å². The quantitative estimate of drug-likeness (QED) is 0.190. The van der Waals surface area contributed by atoms with Crippen molar-refractivity contribution in [3.63, 3.8) is 0 Å². The topological polar surface area (TPSA) is 66.2 Å². The first-order chi connectivity index (χ1) is 1.73. The molecule has 0 amide bonds. The molecule has 7 heavy (non-hydrogen) atoms. The van der Waals surface area contributed by atoms with Gasteiger partial charge in [0.2, 0.25) is 0 Å². The van der Waals surface area contributed by atoms with Gasteiger partial charge in [0.25, 0.3) is 0 Å². The van der Waals surface area contributed by atoms with Crippen LogP contribution in [-0.2, 0) is 0 Å². The number of hydrogen-bond acceptors (Lipinski definition) is 3. The molecule has 0 aliphatic heterocycles. The summed E-state index contributed by atoms with van der Waals surface area (Å²) >= 11 is 0. The van der Waals surface area contributed by atoms with Gasteiger partial charge in [-0.25, -0.2) is 0 Å². The molecular formula is H2KLiNNaO3.